The number of hydrogen-bond donors (Lipinski definition) is 2. The molecular weight excluding hydrogens is 244 g/mol. The van der Waals surface area contributed by atoms with Gasteiger partial charge in [-0.05, 0) is 12.1 Å². The lowest BCUT2D eigenvalue weighted by Crippen LogP contribution is -2.01. The van der Waals surface area contributed by atoms with Gasteiger partial charge < -0.3 is 10.2 Å². The molecule has 0 saturated heterocycles. The van der Waals surface area contributed by atoms with Crippen LogP contribution in [0.5, 0.6) is 5.75 Å². The molecule has 0 unspecified atom stereocenters. The summed E-state index contributed by atoms with van der Waals surface area (Å²) in [6.07, 6.45) is 1.11. The standard InChI is InChI=1S/C11H7ClN2O3/c12-9-7(11(16)17)5-13-10(14-9)6-3-1-2-4-8(6)15/h1-5,15H,(H,16,17). The van der Waals surface area contributed by atoms with E-state index in [0.29, 0.717) is 5.56 Å². The third-order valence-corrected chi connectivity index (χ3v) is 2.41. The second-order valence-electron chi connectivity index (χ2n) is 3.22. The van der Waals surface area contributed by atoms with Crippen molar-refractivity contribution in [2.24, 2.45) is 0 Å². The van der Waals surface area contributed by atoms with Gasteiger partial charge in [-0.3, -0.25) is 0 Å². The zero-order valence-corrected chi connectivity index (χ0v) is 9.22. The fourth-order valence-electron chi connectivity index (χ4n) is 1.30. The Bertz CT molecular complexity index is 587. The highest BCUT2D eigenvalue weighted by Gasteiger charge is 2.13. The Kier molecular flexibility index (Phi) is 2.93. The predicted octanol–water partition coefficient (Wildman–Crippen LogP) is 2.20. The fourth-order valence-corrected chi connectivity index (χ4v) is 1.51. The molecule has 0 aliphatic heterocycles. The van der Waals surface area contributed by atoms with E-state index in [-0.39, 0.29) is 22.3 Å². The Morgan fingerprint density at radius 1 is 1.29 bits per heavy atom. The van der Waals surface area contributed by atoms with Crippen LogP contribution in [-0.2, 0) is 0 Å². The summed E-state index contributed by atoms with van der Waals surface area (Å²) in [6, 6.07) is 6.46. The van der Waals surface area contributed by atoms with Crippen LogP contribution in [0.3, 0.4) is 0 Å². The quantitative estimate of drug-likeness (QED) is 0.799. The molecule has 0 amide bonds. The SMILES string of the molecule is O=C(O)c1cnc(-c2ccccc2O)nc1Cl. The van der Waals surface area contributed by atoms with Gasteiger partial charge in [-0.15, -0.1) is 0 Å². The van der Waals surface area contributed by atoms with Gasteiger partial charge >= 0.3 is 5.97 Å². The minimum atomic E-state index is -1.20. The number of halogens is 1. The zero-order valence-electron chi connectivity index (χ0n) is 8.46. The Hall–Kier alpha value is -2.14. The minimum absolute atomic E-state index is 0.00615. The lowest BCUT2D eigenvalue weighted by atomic mass is 10.2. The first-order valence-electron chi connectivity index (χ1n) is 4.64. The third-order valence-electron chi connectivity index (χ3n) is 2.12. The number of aromatic nitrogens is 2. The molecule has 1 heterocycles. The first-order valence-corrected chi connectivity index (χ1v) is 5.01. The van der Waals surface area contributed by atoms with E-state index >= 15 is 0 Å². The number of carboxylic acid groups (broad SMARTS) is 1. The van der Waals surface area contributed by atoms with Crippen molar-refractivity contribution >= 4 is 17.6 Å². The Morgan fingerprint density at radius 2 is 2.00 bits per heavy atom. The number of phenolic OH excluding ortho intramolecular Hbond substituents is 1. The van der Waals surface area contributed by atoms with Gasteiger partial charge in [0, 0.05) is 6.20 Å². The van der Waals surface area contributed by atoms with Gasteiger partial charge in [0.1, 0.15) is 16.5 Å². The molecule has 0 aliphatic carbocycles. The first kappa shape index (κ1) is 11.3. The molecular formula is C11H7ClN2O3. The average molecular weight is 251 g/mol. The van der Waals surface area contributed by atoms with Crippen molar-refractivity contribution in [1.82, 2.24) is 9.97 Å². The summed E-state index contributed by atoms with van der Waals surface area (Å²) in [7, 11) is 0. The summed E-state index contributed by atoms with van der Waals surface area (Å²) in [5.74, 6) is -1.01. The number of carbonyl (C=O) groups is 1. The highest BCUT2D eigenvalue weighted by atomic mass is 35.5. The largest absolute Gasteiger partial charge is 0.507 e. The topological polar surface area (TPSA) is 83.3 Å². The summed E-state index contributed by atoms with van der Waals surface area (Å²) in [5.41, 5.74) is 0.220. The van der Waals surface area contributed by atoms with Crippen molar-refractivity contribution in [3.63, 3.8) is 0 Å². The van der Waals surface area contributed by atoms with Gasteiger partial charge in [-0.2, -0.15) is 0 Å². The zero-order chi connectivity index (χ0) is 12.4. The molecule has 2 N–H and O–H groups in total. The van der Waals surface area contributed by atoms with Gasteiger partial charge in [0.05, 0.1) is 5.56 Å². The molecule has 5 nitrogen and oxygen atoms in total. The first-order chi connectivity index (χ1) is 8.09. The van der Waals surface area contributed by atoms with E-state index in [4.69, 9.17) is 16.7 Å². The molecule has 2 rings (SSSR count). The Balaban J connectivity index is 2.52. The predicted molar refractivity (Wildman–Crippen MR) is 61.1 cm³/mol. The lowest BCUT2D eigenvalue weighted by molar-refractivity contribution is 0.0696. The summed E-state index contributed by atoms with van der Waals surface area (Å²) >= 11 is 5.71. The number of carboxylic acids is 1. The van der Waals surface area contributed by atoms with Crippen LogP contribution in [0.4, 0.5) is 0 Å². The van der Waals surface area contributed by atoms with Crippen molar-refractivity contribution in [2.75, 3.05) is 0 Å². The van der Waals surface area contributed by atoms with E-state index in [9.17, 15) is 9.90 Å². The smallest absolute Gasteiger partial charge is 0.340 e. The van der Waals surface area contributed by atoms with Gasteiger partial charge in [-0.1, -0.05) is 23.7 Å². The molecule has 0 atom stereocenters. The van der Waals surface area contributed by atoms with E-state index in [2.05, 4.69) is 9.97 Å². The maximum Gasteiger partial charge on any atom is 0.340 e. The second kappa shape index (κ2) is 4.39. The number of hydrogen-bond acceptors (Lipinski definition) is 4. The van der Waals surface area contributed by atoms with Gasteiger partial charge in [0.2, 0.25) is 0 Å². The molecule has 0 saturated carbocycles. The number of para-hydroxylation sites is 1. The minimum Gasteiger partial charge on any atom is -0.507 e. The van der Waals surface area contributed by atoms with Crippen LogP contribution in [0.25, 0.3) is 11.4 Å². The molecule has 6 heteroatoms. The maximum atomic E-state index is 10.7. The number of aromatic hydroxyl groups is 1. The number of aromatic carboxylic acids is 1. The number of benzene rings is 1. The van der Waals surface area contributed by atoms with Crippen molar-refractivity contribution < 1.29 is 15.0 Å². The Labute approximate surface area is 101 Å². The molecule has 0 fully saturated rings. The molecule has 1 aromatic heterocycles. The van der Waals surface area contributed by atoms with E-state index in [0.717, 1.165) is 6.20 Å². The molecule has 0 aliphatic rings. The lowest BCUT2D eigenvalue weighted by Gasteiger charge is -2.04. The molecule has 17 heavy (non-hydrogen) atoms. The summed E-state index contributed by atoms with van der Waals surface area (Å²) in [4.78, 5) is 18.4. The van der Waals surface area contributed by atoms with E-state index in [1.165, 1.54) is 6.07 Å². The van der Waals surface area contributed by atoms with Gasteiger partial charge in [-0.25, -0.2) is 14.8 Å². The van der Waals surface area contributed by atoms with E-state index < -0.39 is 5.97 Å². The Morgan fingerprint density at radius 3 is 2.59 bits per heavy atom. The number of nitrogens with zero attached hydrogens (tertiary/aromatic N) is 2. The monoisotopic (exact) mass is 250 g/mol. The van der Waals surface area contributed by atoms with Crippen LogP contribution in [0.2, 0.25) is 5.15 Å². The normalized spacial score (nSPS) is 10.2. The van der Waals surface area contributed by atoms with Gasteiger partial charge in [0.25, 0.3) is 0 Å². The van der Waals surface area contributed by atoms with Crippen LogP contribution in [0.15, 0.2) is 30.5 Å². The molecule has 86 valence electrons. The molecule has 0 radical (unpaired) electrons. The molecule has 0 bridgehead atoms. The summed E-state index contributed by atoms with van der Waals surface area (Å²) in [6.45, 7) is 0. The number of phenols is 1. The van der Waals surface area contributed by atoms with Crippen LogP contribution in [0, 0.1) is 0 Å². The molecule has 0 spiro atoms. The summed E-state index contributed by atoms with van der Waals surface area (Å²) in [5, 5.41) is 18.2. The molecule has 1 aromatic carbocycles. The maximum absolute atomic E-state index is 10.7. The van der Waals surface area contributed by atoms with E-state index in [1.807, 2.05) is 0 Å². The molecule has 2 aromatic rings. The highest BCUT2D eigenvalue weighted by molar-refractivity contribution is 6.32. The summed E-state index contributed by atoms with van der Waals surface area (Å²) < 4.78 is 0. The van der Waals surface area contributed by atoms with E-state index in [1.54, 1.807) is 18.2 Å². The van der Waals surface area contributed by atoms with Crippen molar-refractivity contribution in [2.45, 2.75) is 0 Å². The van der Waals surface area contributed by atoms with Crippen molar-refractivity contribution in [3.05, 3.63) is 41.2 Å². The highest BCUT2D eigenvalue weighted by Crippen LogP contribution is 2.26. The number of rotatable bonds is 2. The van der Waals surface area contributed by atoms with Crippen LogP contribution in [0.1, 0.15) is 10.4 Å². The van der Waals surface area contributed by atoms with Gasteiger partial charge in [0.15, 0.2) is 5.82 Å². The van der Waals surface area contributed by atoms with Crippen LogP contribution in [-0.4, -0.2) is 26.2 Å². The van der Waals surface area contributed by atoms with Crippen molar-refractivity contribution in [3.8, 4) is 17.1 Å². The third kappa shape index (κ3) is 2.19. The average Bonchev–Trinajstić information content (AvgIpc) is 2.29. The van der Waals surface area contributed by atoms with Crippen LogP contribution >= 0.6 is 11.6 Å². The fraction of sp³-hybridized carbons (Fsp3) is 0. The van der Waals surface area contributed by atoms with Crippen molar-refractivity contribution in [1.29, 1.82) is 0 Å². The second-order valence-corrected chi connectivity index (χ2v) is 3.58. The van der Waals surface area contributed by atoms with Crippen LogP contribution < -0.4 is 0 Å².